The minimum atomic E-state index is -4.29. The third-order valence-electron chi connectivity index (χ3n) is 3.62. The summed E-state index contributed by atoms with van der Waals surface area (Å²) in [5, 5.41) is 3.08. The summed E-state index contributed by atoms with van der Waals surface area (Å²) in [5.74, 6) is 0.512. The Labute approximate surface area is 152 Å². The third kappa shape index (κ3) is 5.86. The molecule has 0 aromatic heterocycles. The fraction of sp³-hybridized carbons (Fsp3) is 0.562. The second-order valence-electron chi connectivity index (χ2n) is 6.83. The molecule has 0 spiro atoms. The van der Waals surface area contributed by atoms with Crippen LogP contribution in [0.3, 0.4) is 0 Å². The molecular weight excluding hydrogens is 418 g/mol. The molecule has 1 fully saturated rings. The first-order chi connectivity index (χ1) is 10.0. The first-order valence-corrected chi connectivity index (χ1v) is 7.33. The van der Waals surface area contributed by atoms with Crippen LogP contribution in [-0.2, 0) is 6.18 Å². The van der Waals surface area contributed by atoms with E-state index in [1.54, 1.807) is 6.07 Å². The molecule has 1 saturated carbocycles. The number of aliphatic imine (C=N–C) groups is 1. The van der Waals surface area contributed by atoms with Crippen LogP contribution in [-0.4, -0.2) is 17.5 Å². The largest absolute Gasteiger partial charge is 0.416 e. The van der Waals surface area contributed by atoms with E-state index in [1.807, 2.05) is 20.8 Å². The fourth-order valence-electron chi connectivity index (χ4n) is 2.55. The van der Waals surface area contributed by atoms with E-state index in [1.165, 1.54) is 12.1 Å². The molecular formula is C16H23F3IN3. The molecule has 1 aromatic carbocycles. The van der Waals surface area contributed by atoms with E-state index < -0.39 is 11.7 Å². The maximum Gasteiger partial charge on any atom is 0.416 e. The van der Waals surface area contributed by atoms with Crippen LogP contribution in [0.25, 0.3) is 0 Å². The molecule has 1 aliphatic rings. The number of halogens is 4. The van der Waals surface area contributed by atoms with E-state index in [0.717, 1.165) is 24.5 Å². The van der Waals surface area contributed by atoms with E-state index in [-0.39, 0.29) is 41.5 Å². The van der Waals surface area contributed by atoms with Crippen molar-refractivity contribution in [3.8, 4) is 0 Å². The highest BCUT2D eigenvalue weighted by Crippen LogP contribution is 2.40. The van der Waals surface area contributed by atoms with E-state index in [9.17, 15) is 13.2 Å². The number of rotatable bonds is 2. The molecule has 0 radical (unpaired) electrons. The van der Waals surface area contributed by atoms with Gasteiger partial charge in [0.2, 0.25) is 0 Å². The minimum Gasteiger partial charge on any atom is -0.370 e. The zero-order valence-electron chi connectivity index (χ0n) is 13.4. The number of alkyl halides is 3. The first-order valence-electron chi connectivity index (χ1n) is 7.33. The van der Waals surface area contributed by atoms with Gasteiger partial charge in [-0.3, -0.25) is 4.99 Å². The summed E-state index contributed by atoms with van der Waals surface area (Å²) in [6.07, 6.45) is -2.83. The van der Waals surface area contributed by atoms with Crippen molar-refractivity contribution in [3.63, 3.8) is 0 Å². The fourth-order valence-corrected chi connectivity index (χ4v) is 2.55. The molecule has 7 heteroatoms. The molecule has 0 atom stereocenters. The number of hydrogen-bond acceptors (Lipinski definition) is 1. The van der Waals surface area contributed by atoms with Crippen LogP contribution in [0.5, 0.6) is 0 Å². The van der Waals surface area contributed by atoms with Gasteiger partial charge in [0.1, 0.15) is 0 Å². The molecule has 0 heterocycles. The third-order valence-corrected chi connectivity index (χ3v) is 3.62. The van der Waals surface area contributed by atoms with E-state index in [4.69, 9.17) is 5.73 Å². The van der Waals surface area contributed by atoms with E-state index in [0.29, 0.717) is 5.96 Å². The molecule has 2 rings (SSSR count). The molecule has 0 saturated heterocycles. The SMILES string of the molecule is CC(C)(C)NC(N)=NC1CC(c2cccc(C(F)(F)F)c2)C1.I. The lowest BCUT2D eigenvalue weighted by Gasteiger charge is -2.34. The van der Waals surface area contributed by atoms with Gasteiger partial charge < -0.3 is 11.1 Å². The van der Waals surface area contributed by atoms with Crippen LogP contribution in [0.1, 0.15) is 50.7 Å². The van der Waals surface area contributed by atoms with Crippen molar-refractivity contribution < 1.29 is 13.2 Å². The maximum absolute atomic E-state index is 12.7. The Balaban J connectivity index is 0.00000264. The van der Waals surface area contributed by atoms with Gasteiger partial charge in [0.15, 0.2) is 5.96 Å². The quantitative estimate of drug-likeness (QED) is 0.409. The molecule has 23 heavy (non-hydrogen) atoms. The van der Waals surface area contributed by atoms with Gasteiger partial charge in [-0.2, -0.15) is 13.2 Å². The average molecular weight is 441 g/mol. The van der Waals surface area contributed by atoms with Crippen LogP contribution < -0.4 is 11.1 Å². The Morgan fingerprint density at radius 1 is 1.22 bits per heavy atom. The molecule has 0 aliphatic heterocycles. The summed E-state index contributed by atoms with van der Waals surface area (Å²) in [6, 6.07) is 5.63. The Morgan fingerprint density at radius 3 is 2.35 bits per heavy atom. The van der Waals surface area contributed by atoms with Gasteiger partial charge in [-0.05, 0) is 51.2 Å². The lowest BCUT2D eigenvalue weighted by Crippen LogP contribution is -2.46. The van der Waals surface area contributed by atoms with Crippen molar-refractivity contribution in [2.24, 2.45) is 10.7 Å². The van der Waals surface area contributed by atoms with Crippen molar-refractivity contribution in [2.75, 3.05) is 0 Å². The van der Waals surface area contributed by atoms with E-state index in [2.05, 4.69) is 10.3 Å². The van der Waals surface area contributed by atoms with Gasteiger partial charge in [-0.1, -0.05) is 18.2 Å². The first kappa shape index (κ1) is 20.1. The summed E-state index contributed by atoms with van der Waals surface area (Å²) in [6.45, 7) is 5.96. The second kappa shape index (κ2) is 7.27. The van der Waals surface area contributed by atoms with Gasteiger partial charge in [-0.25, -0.2) is 0 Å². The van der Waals surface area contributed by atoms with Crippen molar-refractivity contribution in [1.29, 1.82) is 0 Å². The smallest absolute Gasteiger partial charge is 0.370 e. The van der Waals surface area contributed by atoms with Crippen LogP contribution in [0.2, 0.25) is 0 Å². The number of nitrogens with one attached hydrogen (secondary N) is 1. The van der Waals surface area contributed by atoms with Gasteiger partial charge in [0.05, 0.1) is 11.6 Å². The molecule has 130 valence electrons. The summed E-state index contributed by atoms with van der Waals surface area (Å²) >= 11 is 0. The molecule has 3 nitrogen and oxygen atoms in total. The predicted octanol–water partition coefficient (Wildman–Crippen LogP) is 4.27. The summed E-state index contributed by atoms with van der Waals surface area (Å²) in [4.78, 5) is 4.38. The topological polar surface area (TPSA) is 50.4 Å². The Hall–Kier alpha value is -0.990. The van der Waals surface area contributed by atoms with Crippen molar-refractivity contribution >= 4 is 29.9 Å². The lowest BCUT2D eigenvalue weighted by molar-refractivity contribution is -0.137. The van der Waals surface area contributed by atoms with Gasteiger partial charge in [0.25, 0.3) is 0 Å². The maximum atomic E-state index is 12.7. The number of hydrogen-bond donors (Lipinski definition) is 2. The molecule has 3 N–H and O–H groups in total. The number of benzene rings is 1. The molecule has 0 unspecified atom stereocenters. The summed E-state index contributed by atoms with van der Waals surface area (Å²) in [5.41, 5.74) is 5.80. The Kier molecular flexibility index (Phi) is 6.34. The van der Waals surface area contributed by atoms with Crippen LogP contribution in [0.4, 0.5) is 13.2 Å². The highest BCUT2D eigenvalue weighted by molar-refractivity contribution is 14.0. The normalized spacial score (nSPS) is 22.1. The van der Waals surface area contributed by atoms with Crippen molar-refractivity contribution in [3.05, 3.63) is 35.4 Å². The van der Waals surface area contributed by atoms with Crippen LogP contribution in [0.15, 0.2) is 29.3 Å². The summed E-state index contributed by atoms with van der Waals surface area (Å²) < 4.78 is 38.1. The lowest BCUT2D eigenvalue weighted by atomic mass is 9.76. The summed E-state index contributed by atoms with van der Waals surface area (Å²) in [7, 11) is 0. The van der Waals surface area contributed by atoms with Crippen molar-refractivity contribution in [1.82, 2.24) is 5.32 Å². The van der Waals surface area contributed by atoms with E-state index >= 15 is 0 Å². The monoisotopic (exact) mass is 441 g/mol. The highest BCUT2D eigenvalue weighted by Gasteiger charge is 2.34. The zero-order chi connectivity index (χ0) is 16.5. The Morgan fingerprint density at radius 2 is 1.83 bits per heavy atom. The predicted molar refractivity (Wildman–Crippen MR) is 97.1 cm³/mol. The number of nitrogens with two attached hydrogens (primary N) is 1. The molecule has 0 bridgehead atoms. The standard InChI is InChI=1S/C16H22F3N3.HI/c1-15(2,3)22-14(20)21-13-8-11(9-13)10-5-4-6-12(7-10)16(17,18)19;/h4-7,11,13H,8-9H2,1-3H3,(H3,20,21,22);1H. The van der Waals surface area contributed by atoms with Crippen LogP contribution >= 0.6 is 24.0 Å². The van der Waals surface area contributed by atoms with Crippen LogP contribution in [0, 0.1) is 0 Å². The molecule has 1 aromatic rings. The van der Waals surface area contributed by atoms with Gasteiger partial charge >= 0.3 is 6.18 Å². The Bertz CT molecular complexity index is 558. The van der Waals surface area contributed by atoms with Gasteiger partial charge in [0, 0.05) is 5.54 Å². The molecule has 1 aliphatic carbocycles. The number of guanidine groups is 1. The highest BCUT2D eigenvalue weighted by atomic mass is 127. The second-order valence-corrected chi connectivity index (χ2v) is 6.83. The van der Waals surface area contributed by atoms with Gasteiger partial charge in [-0.15, -0.1) is 24.0 Å². The zero-order valence-corrected chi connectivity index (χ0v) is 15.8. The molecule has 0 amide bonds. The van der Waals surface area contributed by atoms with Crippen molar-refractivity contribution in [2.45, 2.75) is 57.3 Å². The number of nitrogens with zero attached hydrogens (tertiary/aromatic N) is 1. The average Bonchev–Trinajstić information content (AvgIpc) is 2.30. The minimum absolute atomic E-state index is 0.